The number of thiophene rings is 1. The molecule has 0 fully saturated rings. The Hall–Kier alpha value is -2.36. The lowest BCUT2D eigenvalue weighted by atomic mass is 10.1. The van der Waals surface area contributed by atoms with Crippen LogP contribution in [-0.4, -0.2) is 39.0 Å². The van der Waals surface area contributed by atoms with E-state index in [-0.39, 0.29) is 17.6 Å². The summed E-state index contributed by atoms with van der Waals surface area (Å²) < 4.78 is 7.13. The van der Waals surface area contributed by atoms with Gasteiger partial charge in [-0.25, -0.2) is 4.79 Å². The molecule has 0 spiro atoms. The molecule has 1 aromatic carbocycles. The number of benzene rings is 1. The lowest BCUT2D eigenvalue weighted by Crippen LogP contribution is -2.17. The molecule has 0 radical (unpaired) electrons. The Labute approximate surface area is 205 Å². The maximum atomic E-state index is 12.8. The fourth-order valence-electron chi connectivity index (χ4n) is 3.86. The molecule has 0 aliphatic heterocycles. The highest BCUT2D eigenvalue weighted by Gasteiger charge is 2.26. The summed E-state index contributed by atoms with van der Waals surface area (Å²) >= 11 is 8.87. The van der Waals surface area contributed by atoms with Crippen LogP contribution in [0.2, 0.25) is 5.02 Å². The summed E-state index contributed by atoms with van der Waals surface area (Å²) in [5.74, 6) is 0.257. The third-order valence-electron chi connectivity index (χ3n) is 5.40. The summed E-state index contributed by atoms with van der Waals surface area (Å²) in [5.41, 5.74) is 2.42. The van der Waals surface area contributed by atoms with Crippen molar-refractivity contribution in [3.63, 3.8) is 0 Å². The van der Waals surface area contributed by atoms with Gasteiger partial charge in [-0.2, -0.15) is 0 Å². The number of anilines is 1. The molecule has 4 rings (SSSR count). The molecule has 0 saturated carbocycles. The van der Waals surface area contributed by atoms with Gasteiger partial charge in [0, 0.05) is 22.5 Å². The number of fused-ring (bicyclic) bond motifs is 1. The number of ether oxygens (including phenoxy) is 1. The first kappa shape index (κ1) is 23.8. The van der Waals surface area contributed by atoms with Gasteiger partial charge in [0.1, 0.15) is 5.00 Å². The van der Waals surface area contributed by atoms with Crippen molar-refractivity contribution in [1.29, 1.82) is 0 Å². The SMILES string of the molecule is CCOC(=O)c1c(NC(=O)CSc2nnc(-c3cccc(Cl)c3)n2C)sc2c1CCCCC2. The van der Waals surface area contributed by atoms with E-state index in [0.717, 1.165) is 43.2 Å². The summed E-state index contributed by atoms with van der Waals surface area (Å²) in [7, 11) is 1.85. The van der Waals surface area contributed by atoms with Crippen LogP contribution in [-0.2, 0) is 29.4 Å². The van der Waals surface area contributed by atoms with Crippen LogP contribution in [0.4, 0.5) is 5.00 Å². The predicted octanol–water partition coefficient (Wildman–Crippen LogP) is 5.37. The first-order valence-corrected chi connectivity index (χ1v) is 13.1. The van der Waals surface area contributed by atoms with E-state index >= 15 is 0 Å². The standard InChI is InChI=1S/C23H25ClN4O3S2/c1-3-31-22(30)19-16-10-5-4-6-11-17(16)33-21(19)25-18(29)13-32-23-27-26-20(28(23)2)14-8-7-9-15(24)12-14/h7-9,12H,3-6,10-11,13H2,1-2H3,(H,25,29). The van der Waals surface area contributed by atoms with Crippen molar-refractivity contribution >= 4 is 51.6 Å². The Morgan fingerprint density at radius 3 is 2.85 bits per heavy atom. The number of nitrogens with one attached hydrogen (secondary N) is 1. The van der Waals surface area contributed by atoms with Gasteiger partial charge < -0.3 is 14.6 Å². The van der Waals surface area contributed by atoms with Crippen molar-refractivity contribution in [2.75, 3.05) is 17.7 Å². The number of carbonyl (C=O) groups is 2. The minimum absolute atomic E-state index is 0.145. The number of hydrogen-bond acceptors (Lipinski definition) is 7. The van der Waals surface area contributed by atoms with E-state index in [1.165, 1.54) is 28.0 Å². The lowest BCUT2D eigenvalue weighted by Gasteiger charge is -2.08. The molecule has 0 bridgehead atoms. The van der Waals surface area contributed by atoms with Gasteiger partial charge in [-0.1, -0.05) is 41.9 Å². The van der Waals surface area contributed by atoms with Gasteiger partial charge in [-0.05, 0) is 50.3 Å². The molecule has 10 heteroatoms. The largest absolute Gasteiger partial charge is 0.462 e. The van der Waals surface area contributed by atoms with Gasteiger partial charge in [-0.15, -0.1) is 21.5 Å². The van der Waals surface area contributed by atoms with Crippen LogP contribution in [0.15, 0.2) is 29.4 Å². The monoisotopic (exact) mass is 504 g/mol. The van der Waals surface area contributed by atoms with E-state index in [1.54, 1.807) is 13.0 Å². The van der Waals surface area contributed by atoms with Crippen LogP contribution in [0.5, 0.6) is 0 Å². The minimum Gasteiger partial charge on any atom is -0.462 e. The Morgan fingerprint density at radius 2 is 2.06 bits per heavy atom. The number of thioether (sulfide) groups is 1. The smallest absolute Gasteiger partial charge is 0.341 e. The zero-order valence-corrected chi connectivity index (χ0v) is 20.9. The molecule has 1 aliphatic rings. The second kappa shape index (κ2) is 10.7. The molecule has 7 nitrogen and oxygen atoms in total. The van der Waals surface area contributed by atoms with Gasteiger partial charge in [0.2, 0.25) is 5.91 Å². The van der Waals surface area contributed by atoms with Crippen LogP contribution in [0.25, 0.3) is 11.4 Å². The van der Waals surface area contributed by atoms with Gasteiger partial charge >= 0.3 is 5.97 Å². The van der Waals surface area contributed by atoms with Crippen molar-refractivity contribution in [2.24, 2.45) is 7.05 Å². The van der Waals surface area contributed by atoms with Crippen LogP contribution < -0.4 is 5.32 Å². The number of halogens is 1. The molecule has 1 N–H and O–H groups in total. The molecule has 2 aromatic heterocycles. The average Bonchev–Trinajstić information content (AvgIpc) is 3.23. The van der Waals surface area contributed by atoms with E-state index in [4.69, 9.17) is 16.3 Å². The maximum absolute atomic E-state index is 12.8. The van der Waals surface area contributed by atoms with Crippen molar-refractivity contribution in [3.05, 3.63) is 45.3 Å². The van der Waals surface area contributed by atoms with E-state index in [1.807, 2.05) is 29.8 Å². The van der Waals surface area contributed by atoms with Gasteiger partial charge in [0.25, 0.3) is 0 Å². The number of hydrogen-bond donors (Lipinski definition) is 1. The topological polar surface area (TPSA) is 86.1 Å². The van der Waals surface area contributed by atoms with E-state index in [2.05, 4.69) is 15.5 Å². The Bertz CT molecular complexity index is 1170. The molecule has 0 unspecified atom stereocenters. The molecule has 2 heterocycles. The molecule has 1 aliphatic carbocycles. The lowest BCUT2D eigenvalue weighted by molar-refractivity contribution is -0.113. The molecule has 0 atom stereocenters. The van der Waals surface area contributed by atoms with E-state index < -0.39 is 0 Å². The van der Waals surface area contributed by atoms with Crippen LogP contribution in [0.3, 0.4) is 0 Å². The molecule has 174 valence electrons. The van der Waals surface area contributed by atoms with Crippen molar-refractivity contribution in [2.45, 2.75) is 44.2 Å². The van der Waals surface area contributed by atoms with Gasteiger partial charge in [0.05, 0.1) is 17.9 Å². The highest BCUT2D eigenvalue weighted by atomic mass is 35.5. The van der Waals surface area contributed by atoms with Crippen molar-refractivity contribution < 1.29 is 14.3 Å². The van der Waals surface area contributed by atoms with Crippen LogP contribution in [0, 0.1) is 0 Å². The van der Waals surface area contributed by atoms with Crippen LogP contribution >= 0.6 is 34.7 Å². The predicted molar refractivity (Wildman–Crippen MR) is 132 cm³/mol. The second-order valence-electron chi connectivity index (χ2n) is 7.70. The van der Waals surface area contributed by atoms with E-state index in [9.17, 15) is 9.59 Å². The average molecular weight is 505 g/mol. The molecule has 3 aromatic rings. The van der Waals surface area contributed by atoms with Crippen molar-refractivity contribution in [3.8, 4) is 11.4 Å². The highest BCUT2D eigenvalue weighted by Crippen LogP contribution is 2.38. The maximum Gasteiger partial charge on any atom is 0.341 e. The first-order valence-electron chi connectivity index (χ1n) is 10.9. The molecule has 33 heavy (non-hydrogen) atoms. The number of aromatic nitrogens is 3. The Balaban J connectivity index is 1.47. The van der Waals surface area contributed by atoms with Gasteiger partial charge in [-0.3, -0.25) is 4.79 Å². The number of amides is 1. The zero-order valence-electron chi connectivity index (χ0n) is 18.5. The fraction of sp³-hybridized carbons (Fsp3) is 0.391. The summed E-state index contributed by atoms with van der Waals surface area (Å²) in [6, 6.07) is 7.39. The molecular formula is C23H25ClN4O3S2. The first-order chi connectivity index (χ1) is 16.0. The molecular weight excluding hydrogens is 480 g/mol. The summed E-state index contributed by atoms with van der Waals surface area (Å²) in [6.07, 6.45) is 5.07. The summed E-state index contributed by atoms with van der Waals surface area (Å²) in [5, 5.41) is 13.2. The second-order valence-corrected chi connectivity index (χ2v) is 10.2. The third kappa shape index (κ3) is 5.42. The number of esters is 1. The van der Waals surface area contributed by atoms with Gasteiger partial charge in [0.15, 0.2) is 11.0 Å². The number of nitrogens with zero attached hydrogens (tertiary/aromatic N) is 3. The number of carbonyl (C=O) groups excluding carboxylic acids is 2. The summed E-state index contributed by atoms with van der Waals surface area (Å²) in [6.45, 7) is 2.09. The molecule has 0 saturated heterocycles. The quantitative estimate of drug-likeness (QED) is 0.264. The highest BCUT2D eigenvalue weighted by molar-refractivity contribution is 7.99. The zero-order chi connectivity index (χ0) is 23.4. The normalized spacial score (nSPS) is 13.3. The van der Waals surface area contributed by atoms with E-state index in [0.29, 0.717) is 33.2 Å². The number of aryl methyl sites for hydroxylation is 1. The van der Waals surface area contributed by atoms with Crippen LogP contribution in [0.1, 0.15) is 47.0 Å². The van der Waals surface area contributed by atoms with Crippen molar-refractivity contribution in [1.82, 2.24) is 14.8 Å². The summed E-state index contributed by atoms with van der Waals surface area (Å²) in [4.78, 5) is 26.6. The minimum atomic E-state index is -0.362. The Kier molecular flexibility index (Phi) is 7.72. The number of rotatable bonds is 7. The fourth-order valence-corrected chi connectivity index (χ4v) is 6.06. The third-order valence-corrected chi connectivity index (χ3v) is 7.87. The molecule has 1 amide bonds. The Morgan fingerprint density at radius 1 is 1.24 bits per heavy atom.